The molecule has 2 heterocycles. The van der Waals surface area contributed by atoms with Crippen LogP contribution in [0.4, 0.5) is 0 Å². The SMILES string of the molecule is CCCCCC(=O)Oc1c(-c2ccc(OC3OC(C(=O)O)C(O)C(O)C3O)c(O)c2)oc2ccccc2c1=O. The van der Waals surface area contributed by atoms with Gasteiger partial charge in [0, 0.05) is 12.0 Å². The molecule has 1 aromatic heterocycles. The summed E-state index contributed by atoms with van der Waals surface area (Å²) in [4.78, 5) is 37.0. The molecule has 12 nitrogen and oxygen atoms in total. The lowest BCUT2D eigenvalue weighted by atomic mass is 9.99. The third-order valence-electron chi connectivity index (χ3n) is 6.23. The normalized spacial score (nSPS) is 22.9. The fourth-order valence-electron chi connectivity index (χ4n) is 4.12. The van der Waals surface area contributed by atoms with Gasteiger partial charge in [-0.2, -0.15) is 0 Å². The van der Waals surface area contributed by atoms with Crippen LogP contribution in [0.2, 0.25) is 0 Å². The molecule has 0 aliphatic carbocycles. The summed E-state index contributed by atoms with van der Waals surface area (Å²) in [7, 11) is 0. The largest absolute Gasteiger partial charge is 0.504 e. The molecule has 1 fully saturated rings. The van der Waals surface area contributed by atoms with E-state index in [4.69, 9.17) is 18.6 Å². The first-order valence-electron chi connectivity index (χ1n) is 12.3. The lowest BCUT2D eigenvalue weighted by molar-refractivity contribution is -0.271. The number of aromatic hydroxyl groups is 1. The lowest BCUT2D eigenvalue weighted by Crippen LogP contribution is -2.61. The smallest absolute Gasteiger partial charge is 0.335 e. The maximum absolute atomic E-state index is 13.2. The Balaban J connectivity index is 1.67. The number of aliphatic carboxylic acids is 1. The Hall–Kier alpha value is -3.97. The number of unbranched alkanes of at least 4 members (excludes halogenated alkanes) is 2. The summed E-state index contributed by atoms with van der Waals surface area (Å²) < 4.78 is 21.8. The van der Waals surface area contributed by atoms with Crippen molar-refractivity contribution >= 4 is 22.9 Å². The van der Waals surface area contributed by atoms with Crippen LogP contribution in [0.1, 0.15) is 32.6 Å². The molecule has 0 amide bonds. The zero-order valence-electron chi connectivity index (χ0n) is 20.9. The van der Waals surface area contributed by atoms with Crippen molar-refractivity contribution < 1.29 is 53.7 Å². The first-order chi connectivity index (χ1) is 18.6. The number of hydrogen-bond donors (Lipinski definition) is 5. The minimum atomic E-state index is -1.91. The van der Waals surface area contributed by atoms with Crippen LogP contribution in [0, 0.1) is 0 Å². The van der Waals surface area contributed by atoms with Crippen molar-refractivity contribution in [1.29, 1.82) is 0 Å². The van der Waals surface area contributed by atoms with Crippen molar-refractivity contribution in [3.05, 3.63) is 52.7 Å². The van der Waals surface area contributed by atoms with E-state index in [1.165, 1.54) is 18.2 Å². The summed E-state index contributed by atoms with van der Waals surface area (Å²) in [6.07, 6.45) is -6.91. The predicted octanol–water partition coefficient (Wildman–Crippen LogP) is 1.92. The summed E-state index contributed by atoms with van der Waals surface area (Å²) >= 11 is 0. The fourth-order valence-corrected chi connectivity index (χ4v) is 4.12. The monoisotopic (exact) mass is 544 g/mol. The number of phenols is 1. The molecule has 0 spiro atoms. The number of aliphatic hydroxyl groups is 3. The third-order valence-corrected chi connectivity index (χ3v) is 6.23. The molecule has 39 heavy (non-hydrogen) atoms. The average molecular weight is 545 g/mol. The highest BCUT2D eigenvalue weighted by Gasteiger charge is 2.48. The van der Waals surface area contributed by atoms with Crippen LogP contribution in [0.25, 0.3) is 22.3 Å². The van der Waals surface area contributed by atoms with Gasteiger partial charge in [0.15, 0.2) is 23.4 Å². The number of hydrogen-bond acceptors (Lipinski definition) is 11. The Kier molecular flexibility index (Phi) is 8.51. The molecule has 208 valence electrons. The van der Waals surface area contributed by atoms with Crippen molar-refractivity contribution in [2.45, 2.75) is 63.3 Å². The van der Waals surface area contributed by atoms with E-state index in [9.17, 15) is 39.9 Å². The molecular weight excluding hydrogens is 516 g/mol. The zero-order valence-corrected chi connectivity index (χ0v) is 20.9. The van der Waals surface area contributed by atoms with Gasteiger partial charge in [-0.25, -0.2) is 4.79 Å². The Morgan fingerprint density at radius 3 is 2.44 bits per heavy atom. The maximum atomic E-state index is 13.2. The minimum absolute atomic E-state index is 0.0964. The van der Waals surface area contributed by atoms with Gasteiger partial charge in [0.25, 0.3) is 0 Å². The number of rotatable bonds is 9. The van der Waals surface area contributed by atoms with Crippen LogP contribution in [-0.4, -0.2) is 68.2 Å². The van der Waals surface area contributed by atoms with E-state index < -0.39 is 53.8 Å². The Labute approximate surface area is 221 Å². The Morgan fingerprint density at radius 1 is 1.00 bits per heavy atom. The van der Waals surface area contributed by atoms with E-state index in [1.807, 2.05) is 6.92 Å². The van der Waals surface area contributed by atoms with Gasteiger partial charge >= 0.3 is 11.9 Å². The van der Waals surface area contributed by atoms with Crippen molar-refractivity contribution in [3.8, 4) is 28.6 Å². The summed E-state index contributed by atoms with van der Waals surface area (Å²) in [6.45, 7) is 1.98. The number of phenolic OH excluding ortho intramolecular Hbond substituents is 1. The molecule has 5 N–H and O–H groups in total. The molecule has 3 aromatic rings. The number of carbonyl (C=O) groups excluding carboxylic acids is 1. The van der Waals surface area contributed by atoms with Gasteiger partial charge < -0.3 is 44.2 Å². The molecule has 2 aromatic carbocycles. The topological polar surface area (TPSA) is 193 Å². The van der Waals surface area contributed by atoms with Crippen LogP contribution in [0.15, 0.2) is 51.7 Å². The number of benzene rings is 2. The second kappa shape index (κ2) is 11.8. The van der Waals surface area contributed by atoms with E-state index in [0.29, 0.717) is 6.42 Å². The van der Waals surface area contributed by atoms with E-state index in [2.05, 4.69) is 0 Å². The molecule has 12 heteroatoms. The molecule has 0 bridgehead atoms. The number of carboxylic acid groups (broad SMARTS) is 1. The van der Waals surface area contributed by atoms with Gasteiger partial charge in [-0.15, -0.1) is 0 Å². The highest BCUT2D eigenvalue weighted by Crippen LogP contribution is 2.37. The second-order valence-electron chi connectivity index (χ2n) is 9.05. The number of carbonyl (C=O) groups is 2. The van der Waals surface area contributed by atoms with Crippen molar-refractivity contribution in [2.75, 3.05) is 0 Å². The van der Waals surface area contributed by atoms with Crippen LogP contribution in [0.3, 0.4) is 0 Å². The number of aliphatic hydroxyl groups excluding tert-OH is 3. The van der Waals surface area contributed by atoms with E-state index in [-0.39, 0.29) is 40.2 Å². The van der Waals surface area contributed by atoms with E-state index >= 15 is 0 Å². The van der Waals surface area contributed by atoms with E-state index in [1.54, 1.807) is 18.2 Å². The van der Waals surface area contributed by atoms with Gasteiger partial charge in [0.05, 0.1) is 5.39 Å². The summed E-state index contributed by atoms with van der Waals surface area (Å²) in [5.74, 6) is -3.50. The van der Waals surface area contributed by atoms with Gasteiger partial charge in [0.1, 0.15) is 23.9 Å². The maximum Gasteiger partial charge on any atom is 0.335 e. The minimum Gasteiger partial charge on any atom is -0.504 e. The quantitative estimate of drug-likeness (QED) is 0.194. The molecule has 5 atom stereocenters. The summed E-state index contributed by atoms with van der Waals surface area (Å²) in [5, 5.41) is 50.1. The highest BCUT2D eigenvalue weighted by atomic mass is 16.7. The van der Waals surface area contributed by atoms with Gasteiger partial charge in [-0.05, 0) is 36.8 Å². The predicted molar refractivity (Wildman–Crippen MR) is 134 cm³/mol. The number of carboxylic acids is 1. The zero-order chi connectivity index (χ0) is 28.3. The second-order valence-corrected chi connectivity index (χ2v) is 9.05. The third kappa shape index (κ3) is 5.88. The summed E-state index contributed by atoms with van der Waals surface area (Å²) in [6, 6.07) is 10.1. The molecule has 0 radical (unpaired) electrons. The number of esters is 1. The van der Waals surface area contributed by atoms with Gasteiger partial charge in [-0.1, -0.05) is 31.9 Å². The van der Waals surface area contributed by atoms with Gasteiger partial charge in [0.2, 0.25) is 17.5 Å². The number of ether oxygens (including phenoxy) is 3. The van der Waals surface area contributed by atoms with Crippen molar-refractivity contribution in [2.24, 2.45) is 0 Å². The first-order valence-corrected chi connectivity index (χ1v) is 12.3. The number of fused-ring (bicyclic) bond motifs is 1. The van der Waals surface area contributed by atoms with Crippen LogP contribution in [-0.2, 0) is 14.3 Å². The van der Waals surface area contributed by atoms with Crippen molar-refractivity contribution in [1.82, 2.24) is 0 Å². The van der Waals surface area contributed by atoms with Gasteiger partial charge in [-0.3, -0.25) is 9.59 Å². The van der Waals surface area contributed by atoms with Crippen LogP contribution in [0.5, 0.6) is 17.2 Å². The molecule has 1 saturated heterocycles. The molecule has 5 unspecified atom stereocenters. The van der Waals surface area contributed by atoms with E-state index in [0.717, 1.165) is 18.9 Å². The Bertz CT molecular complexity index is 1410. The molecule has 1 aliphatic heterocycles. The summed E-state index contributed by atoms with van der Waals surface area (Å²) in [5.41, 5.74) is -0.224. The molecular formula is C27H28O12. The standard InChI is InChI=1S/C27H28O12/c1-2-3-4-9-18(29)38-24-19(30)14-7-5-6-8-16(14)36-23(24)13-10-11-17(15(28)12-13)37-27-22(33)20(31)21(32)25(39-27)26(34)35/h5-8,10-12,20-22,25,27-28,31-33H,2-4,9H2,1H3,(H,34,35). The number of para-hydroxylation sites is 1. The average Bonchev–Trinajstić information content (AvgIpc) is 2.91. The highest BCUT2D eigenvalue weighted by molar-refractivity contribution is 5.84. The fraction of sp³-hybridized carbons (Fsp3) is 0.370. The molecule has 4 rings (SSSR count). The first kappa shape index (κ1) is 28.0. The van der Waals surface area contributed by atoms with Crippen molar-refractivity contribution in [3.63, 3.8) is 0 Å². The Morgan fingerprint density at radius 2 is 1.74 bits per heavy atom. The molecule has 1 aliphatic rings. The van der Waals surface area contributed by atoms with Crippen LogP contribution < -0.4 is 14.9 Å². The van der Waals surface area contributed by atoms with Crippen LogP contribution >= 0.6 is 0 Å². The molecule has 0 saturated carbocycles. The lowest BCUT2D eigenvalue weighted by Gasteiger charge is -2.38.